The van der Waals surface area contributed by atoms with E-state index in [9.17, 15) is 0 Å². The molecule has 0 radical (unpaired) electrons. The van der Waals surface area contributed by atoms with E-state index in [1.165, 1.54) is 19.3 Å². The van der Waals surface area contributed by atoms with Gasteiger partial charge >= 0.3 is 0 Å². The number of nitrogens with one attached hydrogen (secondary N) is 1. The summed E-state index contributed by atoms with van der Waals surface area (Å²) in [6, 6.07) is 0. The maximum absolute atomic E-state index is 5.68. The molecule has 4 aliphatic rings. The Morgan fingerprint density at radius 2 is 2.00 bits per heavy atom. The third-order valence-corrected chi connectivity index (χ3v) is 5.69. The average molecular weight is 261 g/mol. The highest BCUT2D eigenvalue weighted by Gasteiger charge is 2.67. The summed E-state index contributed by atoms with van der Waals surface area (Å²) in [4.78, 5) is 4.63. The molecule has 0 amide bonds. The van der Waals surface area contributed by atoms with Crippen molar-refractivity contribution in [3.05, 3.63) is 11.7 Å². The molecule has 2 bridgehead atoms. The molecule has 5 nitrogen and oxygen atoms in total. The first kappa shape index (κ1) is 10.8. The number of hydrogen-bond acceptors (Lipinski definition) is 5. The van der Waals surface area contributed by atoms with Gasteiger partial charge in [-0.2, -0.15) is 4.98 Å². The van der Waals surface area contributed by atoms with E-state index in [1.807, 2.05) is 0 Å². The molecular weight excluding hydrogens is 242 g/mol. The second kappa shape index (κ2) is 3.79. The summed E-state index contributed by atoms with van der Waals surface area (Å²) in [5.74, 6) is 5.81. The van der Waals surface area contributed by atoms with Crippen molar-refractivity contribution < 1.29 is 9.26 Å². The van der Waals surface area contributed by atoms with Gasteiger partial charge in [0.05, 0.1) is 6.61 Å². The van der Waals surface area contributed by atoms with Crippen molar-refractivity contribution in [1.82, 2.24) is 15.5 Å². The highest BCUT2D eigenvalue weighted by atomic mass is 16.5. The van der Waals surface area contributed by atoms with E-state index < -0.39 is 0 Å². The van der Waals surface area contributed by atoms with E-state index in [0.717, 1.165) is 55.1 Å². The number of fused-ring (bicyclic) bond motifs is 5. The van der Waals surface area contributed by atoms with Crippen molar-refractivity contribution >= 4 is 0 Å². The molecule has 1 aliphatic heterocycles. The Hall–Kier alpha value is -0.940. The standard InChI is InChI=1S/C14H19N3O2/c1-2-8-5-7(1)10-11(8)12(10)14-16-13(17-19-14)9-6-15-3-4-18-9/h7-12,15H,1-6H2. The van der Waals surface area contributed by atoms with Crippen LogP contribution >= 0.6 is 0 Å². The smallest absolute Gasteiger partial charge is 0.230 e. The Morgan fingerprint density at radius 3 is 2.74 bits per heavy atom. The molecule has 4 fully saturated rings. The van der Waals surface area contributed by atoms with E-state index >= 15 is 0 Å². The predicted octanol–water partition coefficient (Wildman–Crippen LogP) is 1.49. The van der Waals surface area contributed by atoms with Crippen molar-refractivity contribution in [3.8, 4) is 0 Å². The molecule has 5 unspecified atom stereocenters. The SMILES string of the molecule is C1COC(c2noc(C3C4C5CCC(C5)C34)n2)CN1. The van der Waals surface area contributed by atoms with Gasteiger partial charge in [0.15, 0.2) is 0 Å². The number of rotatable bonds is 2. The molecule has 0 spiro atoms. The monoisotopic (exact) mass is 261 g/mol. The van der Waals surface area contributed by atoms with Gasteiger partial charge < -0.3 is 14.6 Å². The molecular formula is C14H19N3O2. The predicted molar refractivity (Wildman–Crippen MR) is 66.4 cm³/mol. The van der Waals surface area contributed by atoms with Crippen LogP contribution in [0.1, 0.15) is 43.0 Å². The van der Waals surface area contributed by atoms with Gasteiger partial charge in [-0.25, -0.2) is 0 Å². The Labute approximate surface area is 112 Å². The Kier molecular flexibility index (Phi) is 2.16. The van der Waals surface area contributed by atoms with Gasteiger partial charge in [0.2, 0.25) is 11.7 Å². The zero-order chi connectivity index (χ0) is 12.4. The maximum Gasteiger partial charge on any atom is 0.230 e. The van der Waals surface area contributed by atoms with E-state index in [1.54, 1.807) is 0 Å². The van der Waals surface area contributed by atoms with Gasteiger partial charge in [-0.3, -0.25) is 0 Å². The highest BCUT2D eigenvalue weighted by Crippen LogP contribution is 2.72. The van der Waals surface area contributed by atoms with Crippen molar-refractivity contribution in [3.63, 3.8) is 0 Å². The minimum Gasteiger partial charge on any atom is -0.367 e. The van der Waals surface area contributed by atoms with Crippen LogP contribution in [-0.2, 0) is 4.74 Å². The van der Waals surface area contributed by atoms with Gasteiger partial charge in [0, 0.05) is 19.0 Å². The van der Waals surface area contributed by atoms with Crippen LogP contribution in [0.2, 0.25) is 0 Å². The zero-order valence-electron chi connectivity index (χ0n) is 10.9. The topological polar surface area (TPSA) is 60.2 Å². The maximum atomic E-state index is 5.68. The average Bonchev–Trinajstić information content (AvgIpc) is 2.89. The molecule has 1 saturated heterocycles. The fraction of sp³-hybridized carbons (Fsp3) is 0.857. The third kappa shape index (κ3) is 1.48. The van der Waals surface area contributed by atoms with E-state index in [4.69, 9.17) is 9.26 Å². The molecule has 0 aromatic carbocycles. The Bertz CT molecular complexity index is 481. The summed E-state index contributed by atoms with van der Waals surface area (Å²) in [6.45, 7) is 2.44. The van der Waals surface area contributed by atoms with Crippen LogP contribution in [0.3, 0.4) is 0 Å². The van der Waals surface area contributed by atoms with Gasteiger partial charge in [-0.15, -0.1) is 0 Å². The van der Waals surface area contributed by atoms with Crippen molar-refractivity contribution in [2.75, 3.05) is 19.7 Å². The summed E-state index contributed by atoms with van der Waals surface area (Å²) in [5.41, 5.74) is 0. The zero-order valence-corrected chi connectivity index (χ0v) is 10.9. The van der Waals surface area contributed by atoms with Crippen LogP contribution in [-0.4, -0.2) is 29.8 Å². The van der Waals surface area contributed by atoms with Crippen molar-refractivity contribution in [2.45, 2.75) is 31.3 Å². The van der Waals surface area contributed by atoms with Crippen LogP contribution < -0.4 is 5.32 Å². The molecule has 3 aliphatic carbocycles. The number of morpholine rings is 1. The fourth-order valence-electron chi connectivity index (χ4n) is 4.90. The van der Waals surface area contributed by atoms with Crippen LogP contribution in [0.4, 0.5) is 0 Å². The molecule has 5 heteroatoms. The van der Waals surface area contributed by atoms with Gasteiger partial charge in [-0.05, 0) is 42.9 Å². The lowest BCUT2D eigenvalue weighted by Crippen LogP contribution is -2.33. The van der Waals surface area contributed by atoms with Gasteiger partial charge in [0.25, 0.3) is 0 Å². The van der Waals surface area contributed by atoms with E-state index in [0.29, 0.717) is 5.92 Å². The molecule has 102 valence electrons. The van der Waals surface area contributed by atoms with Crippen molar-refractivity contribution in [1.29, 1.82) is 0 Å². The first-order chi connectivity index (χ1) is 9.42. The lowest BCUT2D eigenvalue weighted by Gasteiger charge is -2.20. The fourth-order valence-corrected chi connectivity index (χ4v) is 4.90. The lowest BCUT2D eigenvalue weighted by molar-refractivity contribution is 0.0208. The van der Waals surface area contributed by atoms with Crippen LogP contribution in [0.25, 0.3) is 0 Å². The Balaban J connectivity index is 1.36. The number of ether oxygens (including phenoxy) is 1. The van der Waals surface area contributed by atoms with E-state index in [-0.39, 0.29) is 6.10 Å². The molecule has 1 N–H and O–H groups in total. The minimum absolute atomic E-state index is 0.0263. The van der Waals surface area contributed by atoms with Gasteiger partial charge in [0.1, 0.15) is 6.10 Å². The van der Waals surface area contributed by atoms with Crippen molar-refractivity contribution in [2.24, 2.45) is 23.7 Å². The molecule has 1 aromatic heterocycles. The summed E-state index contributed by atoms with van der Waals surface area (Å²) in [5, 5.41) is 7.45. The first-order valence-corrected chi connectivity index (χ1v) is 7.57. The summed E-state index contributed by atoms with van der Waals surface area (Å²) >= 11 is 0. The minimum atomic E-state index is -0.0263. The molecule has 3 saturated carbocycles. The molecule has 19 heavy (non-hydrogen) atoms. The van der Waals surface area contributed by atoms with Crippen LogP contribution in [0, 0.1) is 23.7 Å². The largest absolute Gasteiger partial charge is 0.367 e. The molecule has 2 heterocycles. The summed E-state index contributed by atoms with van der Waals surface area (Å²) < 4.78 is 11.2. The summed E-state index contributed by atoms with van der Waals surface area (Å²) in [7, 11) is 0. The van der Waals surface area contributed by atoms with Gasteiger partial charge in [-0.1, -0.05) is 5.16 Å². The lowest BCUT2D eigenvalue weighted by atomic mass is 10.0. The van der Waals surface area contributed by atoms with Crippen LogP contribution in [0.5, 0.6) is 0 Å². The van der Waals surface area contributed by atoms with Crippen LogP contribution in [0.15, 0.2) is 4.52 Å². The second-order valence-corrected chi connectivity index (χ2v) is 6.57. The number of nitrogens with zero attached hydrogens (tertiary/aromatic N) is 2. The normalized spacial score (nSPS) is 47.4. The number of aromatic nitrogens is 2. The van der Waals surface area contributed by atoms with E-state index in [2.05, 4.69) is 15.5 Å². The second-order valence-electron chi connectivity index (χ2n) is 6.57. The first-order valence-electron chi connectivity index (χ1n) is 7.57. The molecule has 1 aromatic rings. The third-order valence-electron chi connectivity index (χ3n) is 5.69. The Morgan fingerprint density at radius 1 is 1.16 bits per heavy atom. The molecule has 5 atom stereocenters. The molecule has 5 rings (SSSR count). The number of hydrogen-bond donors (Lipinski definition) is 1. The quantitative estimate of drug-likeness (QED) is 0.874. The summed E-state index contributed by atoms with van der Waals surface area (Å²) in [6.07, 6.45) is 4.29. The highest BCUT2D eigenvalue weighted by molar-refractivity contribution is 5.23.